The van der Waals surface area contributed by atoms with Gasteiger partial charge in [-0.3, -0.25) is 0 Å². The average Bonchev–Trinajstić information content (AvgIpc) is 2.45. The van der Waals surface area contributed by atoms with Gasteiger partial charge in [0, 0.05) is 0 Å². The van der Waals surface area contributed by atoms with Crippen LogP contribution in [0.4, 0.5) is 4.39 Å². The number of hydrogen-bond acceptors (Lipinski definition) is 1. The Kier molecular flexibility index (Phi) is 5.38. The summed E-state index contributed by atoms with van der Waals surface area (Å²) in [5, 5.41) is 0. The first-order valence-corrected chi connectivity index (χ1v) is 7.64. The van der Waals surface area contributed by atoms with E-state index in [0.717, 1.165) is 23.9 Å². The highest BCUT2D eigenvalue weighted by Gasteiger charge is 2.20. The molecule has 1 nitrogen and oxygen atoms in total. The molecule has 0 aromatic heterocycles. The van der Waals surface area contributed by atoms with Crippen LogP contribution in [0.1, 0.15) is 56.9 Å². The topological polar surface area (TPSA) is 26.0 Å². The quantitative estimate of drug-likeness (QED) is 0.833. The molecule has 0 amide bonds. The van der Waals surface area contributed by atoms with E-state index in [1.165, 1.54) is 44.6 Å². The van der Waals surface area contributed by atoms with Crippen molar-refractivity contribution in [2.24, 2.45) is 17.6 Å². The van der Waals surface area contributed by atoms with E-state index in [2.05, 4.69) is 6.92 Å². The Morgan fingerprint density at radius 2 is 1.89 bits per heavy atom. The molecule has 1 aliphatic rings. The van der Waals surface area contributed by atoms with E-state index in [1.54, 1.807) is 6.07 Å². The van der Waals surface area contributed by atoms with E-state index in [0.29, 0.717) is 5.92 Å². The molecule has 106 valence electrons. The summed E-state index contributed by atoms with van der Waals surface area (Å²) < 4.78 is 13.2. The van der Waals surface area contributed by atoms with E-state index in [9.17, 15) is 4.39 Å². The van der Waals surface area contributed by atoms with Crippen LogP contribution in [0.25, 0.3) is 0 Å². The zero-order valence-corrected chi connectivity index (χ0v) is 11.9. The van der Waals surface area contributed by atoms with Crippen molar-refractivity contribution < 1.29 is 4.39 Å². The van der Waals surface area contributed by atoms with Gasteiger partial charge in [0.2, 0.25) is 0 Å². The second-order valence-electron chi connectivity index (χ2n) is 6.16. The second kappa shape index (κ2) is 7.04. The number of rotatable bonds is 5. The molecule has 2 N–H and O–H groups in total. The molecule has 0 heterocycles. The van der Waals surface area contributed by atoms with Crippen LogP contribution in [0.15, 0.2) is 24.3 Å². The highest BCUT2D eigenvalue weighted by atomic mass is 19.1. The van der Waals surface area contributed by atoms with Crippen molar-refractivity contribution in [3.63, 3.8) is 0 Å². The molecular formula is C17H26FN. The highest BCUT2D eigenvalue weighted by molar-refractivity contribution is 5.19. The van der Waals surface area contributed by atoms with Crippen LogP contribution in [0.3, 0.4) is 0 Å². The van der Waals surface area contributed by atoms with E-state index in [1.807, 2.05) is 12.1 Å². The normalized spacial score (nSPS) is 25.2. The smallest absolute Gasteiger partial charge is 0.123 e. The van der Waals surface area contributed by atoms with Crippen molar-refractivity contribution >= 4 is 0 Å². The maximum Gasteiger partial charge on any atom is 0.123 e. The van der Waals surface area contributed by atoms with Gasteiger partial charge in [0.15, 0.2) is 0 Å². The Morgan fingerprint density at radius 1 is 1.21 bits per heavy atom. The van der Waals surface area contributed by atoms with Crippen LogP contribution in [0.2, 0.25) is 0 Å². The lowest BCUT2D eigenvalue weighted by Crippen LogP contribution is -2.21. The predicted octanol–water partition coefficient (Wildman–Crippen LogP) is 4.47. The Morgan fingerprint density at radius 3 is 2.53 bits per heavy atom. The molecule has 1 saturated carbocycles. The minimum atomic E-state index is -0.118. The lowest BCUT2D eigenvalue weighted by atomic mass is 9.78. The first kappa shape index (κ1) is 14.5. The van der Waals surface area contributed by atoms with Crippen molar-refractivity contribution in [2.75, 3.05) is 6.54 Å². The second-order valence-corrected chi connectivity index (χ2v) is 6.16. The zero-order chi connectivity index (χ0) is 13.7. The van der Waals surface area contributed by atoms with Gasteiger partial charge < -0.3 is 5.73 Å². The van der Waals surface area contributed by atoms with Gasteiger partial charge in [0.25, 0.3) is 0 Å². The lowest BCUT2D eigenvalue weighted by Gasteiger charge is -2.28. The third-order valence-electron chi connectivity index (χ3n) is 4.73. The molecule has 2 heteroatoms. The summed E-state index contributed by atoms with van der Waals surface area (Å²) in [6, 6.07) is 7.05. The summed E-state index contributed by atoms with van der Waals surface area (Å²) >= 11 is 0. The van der Waals surface area contributed by atoms with Crippen LogP contribution in [-0.2, 0) is 0 Å². The van der Waals surface area contributed by atoms with E-state index < -0.39 is 0 Å². The third kappa shape index (κ3) is 4.31. The van der Waals surface area contributed by atoms with Gasteiger partial charge in [-0.1, -0.05) is 31.9 Å². The van der Waals surface area contributed by atoms with Crippen molar-refractivity contribution in [1.29, 1.82) is 0 Å². The fraction of sp³-hybridized carbons (Fsp3) is 0.647. The van der Waals surface area contributed by atoms with Crippen molar-refractivity contribution in [2.45, 2.75) is 51.4 Å². The Bertz CT molecular complexity index is 383. The summed E-state index contributed by atoms with van der Waals surface area (Å²) in [5.74, 6) is 1.96. The number of halogens is 1. The molecule has 1 aromatic rings. The highest BCUT2D eigenvalue weighted by Crippen LogP contribution is 2.33. The van der Waals surface area contributed by atoms with Gasteiger partial charge in [0.1, 0.15) is 5.82 Å². The molecule has 1 fully saturated rings. The number of benzene rings is 1. The minimum Gasteiger partial charge on any atom is -0.330 e. The van der Waals surface area contributed by atoms with E-state index >= 15 is 0 Å². The first-order chi connectivity index (χ1) is 9.19. The number of nitrogens with two attached hydrogens (primary N) is 1. The summed E-state index contributed by atoms with van der Waals surface area (Å²) in [6.45, 7) is 3.06. The van der Waals surface area contributed by atoms with Crippen molar-refractivity contribution in [3.8, 4) is 0 Å². The molecule has 0 spiro atoms. The predicted molar refractivity (Wildman–Crippen MR) is 78.6 cm³/mol. The fourth-order valence-corrected chi connectivity index (χ4v) is 3.22. The van der Waals surface area contributed by atoms with E-state index in [4.69, 9.17) is 5.73 Å². The lowest BCUT2D eigenvalue weighted by molar-refractivity contribution is 0.261. The average molecular weight is 263 g/mol. The molecule has 0 radical (unpaired) electrons. The van der Waals surface area contributed by atoms with Crippen molar-refractivity contribution in [3.05, 3.63) is 35.6 Å². The van der Waals surface area contributed by atoms with E-state index in [-0.39, 0.29) is 5.82 Å². The van der Waals surface area contributed by atoms with Gasteiger partial charge >= 0.3 is 0 Å². The molecule has 1 atom stereocenters. The van der Waals surface area contributed by atoms with Gasteiger partial charge in [-0.25, -0.2) is 4.39 Å². The summed E-state index contributed by atoms with van der Waals surface area (Å²) in [7, 11) is 0. The summed E-state index contributed by atoms with van der Waals surface area (Å²) in [4.78, 5) is 0. The molecule has 2 rings (SSSR count). The molecule has 1 aromatic carbocycles. The summed E-state index contributed by atoms with van der Waals surface area (Å²) in [5.41, 5.74) is 6.86. The van der Waals surface area contributed by atoms with Crippen LogP contribution in [0.5, 0.6) is 0 Å². The van der Waals surface area contributed by atoms with Crippen LogP contribution < -0.4 is 5.73 Å². The molecule has 1 aliphatic carbocycles. The minimum absolute atomic E-state index is 0.118. The molecule has 0 bridgehead atoms. The zero-order valence-electron chi connectivity index (χ0n) is 11.9. The van der Waals surface area contributed by atoms with Gasteiger partial charge in [-0.15, -0.1) is 0 Å². The maximum absolute atomic E-state index is 13.2. The van der Waals surface area contributed by atoms with Crippen LogP contribution in [0, 0.1) is 17.7 Å². The molecular weight excluding hydrogens is 237 g/mol. The Labute approximate surface area is 116 Å². The number of hydrogen-bond donors (Lipinski definition) is 1. The maximum atomic E-state index is 13.2. The molecule has 19 heavy (non-hydrogen) atoms. The SMILES string of the molecule is CC(CCC1CCC(CN)CC1)c1cccc(F)c1. The molecule has 0 saturated heterocycles. The molecule has 1 unspecified atom stereocenters. The monoisotopic (exact) mass is 263 g/mol. The van der Waals surface area contributed by atoms with Crippen LogP contribution in [-0.4, -0.2) is 6.54 Å². The Balaban J connectivity index is 1.76. The van der Waals surface area contributed by atoms with Crippen LogP contribution >= 0.6 is 0 Å². The third-order valence-corrected chi connectivity index (χ3v) is 4.73. The molecule has 0 aliphatic heterocycles. The van der Waals surface area contributed by atoms with Gasteiger partial charge in [-0.05, 0) is 67.7 Å². The van der Waals surface area contributed by atoms with Crippen molar-refractivity contribution in [1.82, 2.24) is 0 Å². The van der Waals surface area contributed by atoms with Gasteiger partial charge in [0.05, 0.1) is 0 Å². The Hall–Kier alpha value is -0.890. The first-order valence-electron chi connectivity index (χ1n) is 7.64. The van der Waals surface area contributed by atoms with Gasteiger partial charge in [-0.2, -0.15) is 0 Å². The fourth-order valence-electron chi connectivity index (χ4n) is 3.22. The summed E-state index contributed by atoms with van der Waals surface area (Å²) in [6.07, 6.45) is 7.71. The standard InChI is InChI=1S/C17H26FN/c1-13(16-3-2-4-17(18)11-16)5-6-14-7-9-15(12-19)10-8-14/h2-4,11,13-15H,5-10,12,19H2,1H3. The largest absolute Gasteiger partial charge is 0.330 e.